The Bertz CT molecular complexity index is 406. The smallest absolute Gasteiger partial charge is 0.232 e. The van der Waals surface area contributed by atoms with Crippen molar-refractivity contribution < 1.29 is 4.74 Å². The van der Waals surface area contributed by atoms with Crippen LogP contribution in [0.5, 0.6) is 5.88 Å². The van der Waals surface area contributed by atoms with Crippen molar-refractivity contribution in [2.45, 2.75) is 24.6 Å². The number of piperidine rings is 1. The molecule has 1 fully saturated rings. The lowest BCUT2D eigenvalue weighted by atomic mass is 9.94. The van der Waals surface area contributed by atoms with Gasteiger partial charge >= 0.3 is 0 Å². The molecule has 2 rings (SSSR count). The summed E-state index contributed by atoms with van der Waals surface area (Å²) in [7, 11) is 1.62. The molecule has 0 aliphatic carbocycles. The molecular weight excluding hydrogens is 362 g/mol. The zero-order chi connectivity index (χ0) is 13.1. The largest absolute Gasteiger partial charge is 0.480 e. The summed E-state index contributed by atoms with van der Waals surface area (Å²) < 4.78 is 5.99. The average Bonchev–Trinajstić information content (AvgIpc) is 2.39. The van der Waals surface area contributed by atoms with Crippen LogP contribution < -0.4 is 9.64 Å². The van der Waals surface area contributed by atoms with Gasteiger partial charge < -0.3 is 9.64 Å². The highest BCUT2D eigenvalue weighted by atomic mass is 79.9. The molecule has 1 aromatic heterocycles. The van der Waals surface area contributed by atoms with Crippen LogP contribution >= 0.6 is 31.9 Å². The van der Waals surface area contributed by atoms with Gasteiger partial charge in [-0.3, -0.25) is 0 Å². The normalized spacial score (nSPS) is 18.8. The number of rotatable bonds is 3. The van der Waals surface area contributed by atoms with E-state index in [0.29, 0.717) is 10.7 Å². The summed E-state index contributed by atoms with van der Waals surface area (Å²) in [6, 6.07) is 0. The number of methoxy groups -OCH3 is 1. The van der Waals surface area contributed by atoms with Crippen LogP contribution in [-0.2, 0) is 0 Å². The average molecular weight is 379 g/mol. The standard InChI is InChI=1S/C12H17Br2N3O/c1-8(13)9-3-5-17(6-4-9)12-15-7-10(14)11(16-12)18-2/h7-9H,3-6H2,1-2H3. The van der Waals surface area contributed by atoms with Gasteiger partial charge in [-0.1, -0.05) is 22.9 Å². The lowest BCUT2D eigenvalue weighted by Crippen LogP contribution is -2.36. The van der Waals surface area contributed by atoms with Gasteiger partial charge in [-0.05, 0) is 34.7 Å². The van der Waals surface area contributed by atoms with Crippen molar-refractivity contribution in [3.8, 4) is 5.88 Å². The molecule has 2 heterocycles. The maximum atomic E-state index is 5.20. The second kappa shape index (κ2) is 6.19. The first-order valence-electron chi connectivity index (χ1n) is 6.07. The third-order valence-corrected chi connectivity index (χ3v) is 4.66. The van der Waals surface area contributed by atoms with Crippen LogP contribution in [0.2, 0.25) is 0 Å². The zero-order valence-electron chi connectivity index (χ0n) is 10.6. The molecule has 1 saturated heterocycles. The van der Waals surface area contributed by atoms with E-state index >= 15 is 0 Å². The van der Waals surface area contributed by atoms with Crippen molar-refractivity contribution in [2.24, 2.45) is 5.92 Å². The molecule has 1 aromatic rings. The highest BCUT2D eigenvalue weighted by Gasteiger charge is 2.24. The van der Waals surface area contributed by atoms with E-state index in [2.05, 4.69) is 53.7 Å². The van der Waals surface area contributed by atoms with Crippen LogP contribution in [0.25, 0.3) is 0 Å². The number of hydrogen-bond donors (Lipinski definition) is 0. The van der Waals surface area contributed by atoms with Crippen LogP contribution in [0.15, 0.2) is 10.7 Å². The van der Waals surface area contributed by atoms with Crippen LogP contribution in [0, 0.1) is 5.92 Å². The summed E-state index contributed by atoms with van der Waals surface area (Å²) in [6.07, 6.45) is 4.10. The van der Waals surface area contributed by atoms with E-state index in [-0.39, 0.29) is 0 Å². The van der Waals surface area contributed by atoms with Crippen LogP contribution in [0.1, 0.15) is 19.8 Å². The third-order valence-electron chi connectivity index (χ3n) is 3.36. The molecule has 0 bridgehead atoms. The van der Waals surface area contributed by atoms with E-state index in [1.807, 2.05) is 0 Å². The second-order valence-corrected chi connectivity index (χ2v) is 6.83. The summed E-state index contributed by atoms with van der Waals surface area (Å²) >= 11 is 7.04. The van der Waals surface area contributed by atoms with Gasteiger partial charge in [0.25, 0.3) is 0 Å². The molecule has 100 valence electrons. The topological polar surface area (TPSA) is 38.2 Å². The molecule has 0 aromatic carbocycles. The predicted octanol–water partition coefficient (Wildman–Crippen LogP) is 3.25. The minimum atomic E-state index is 0.583. The molecule has 0 amide bonds. The fraction of sp³-hybridized carbons (Fsp3) is 0.667. The van der Waals surface area contributed by atoms with Gasteiger partial charge in [-0.15, -0.1) is 0 Å². The van der Waals surface area contributed by atoms with E-state index in [1.54, 1.807) is 13.3 Å². The highest BCUT2D eigenvalue weighted by molar-refractivity contribution is 9.10. The Balaban J connectivity index is 2.05. The molecule has 0 saturated carbocycles. The van der Waals surface area contributed by atoms with Gasteiger partial charge in [0.15, 0.2) is 0 Å². The van der Waals surface area contributed by atoms with Crippen molar-refractivity contribution in [1.29, 1.82) is 0 Å². The lowest BCUT2D eigenvalue weighted by molar-refractivity contribution is 0.386. The summed E-state index contributed by atoms with van der Waals surface area (Å²) in [6.45, 7) is 4.23. The Kier molecular flexibility index (Phi) is 4.84. The van der Waals surface area contributed by atoms with E-state index in [4.69, 9.17) is 4.74 Å². The summed E-state index contributed by atoms with van der Waals surface area (Å²) in [5, 5.41) is 0. The van der Waals surface area contributed by atoms with Crippen LogP contribution in [0.4, 0.5) is 5.95 Å². The van der Waals surface area contributed by atoms with E-state index in [0.717, 1.165) is 29.4 Å². The molecule has 1 atom stereocenters. The Morgan fingerprint density at radius 2 is 2.11 bits per heavy atom. The summed E-state index contributed by atoms with van der Waals surface area (Å²) in [5.41, 5.74) is 0. The van der Waals surface area contributed by atoms with Gasteiger partial charge in [0, 0.05) is 17.9 Å². The fourth-order valence-corrected chi connectivity index (χ4v) is 3.08. The van der Waals surface area contributed by atoms with E-state index < -0.39 is 0 Å². The van der Waals surface area contributed by atoms with Gasteiger partial charge in [-0.2, -0.15) is 4.98 Å². The molecule has 4 nitrogen and oxygen atoms in total. The minimum absolute atomic E-state index is 0.583. The number of alkyl halides is 1. The van der Waals surface area contributed by atoms with Crippen molar-refractivity contribution in [1.82, 2.24) is 9.97 Å². The first-order valence-corrected chi connectivity index (χ1v) is 7.78. The maximum absolute atomic E-state index is 5.20. The SMILES string of the molecule is COc1nc(N2CCC(C(C)Br)CC2)ncc1Br. The minimum Gasteiger partial charge on any atom is -0.480 e. The van der Waals surface area contributed by atoms with Gasteiger partial charge in [-0.25, -0.2) is 4.98 Å². The lowest BCUT2D eigenvalue weighted by Gasteiger charge is -2.33. The predicted molar refractivity (Wildman–Crippen MR) is 79.6 cm³/mol. The first-order chi connectivity index (χ1) is 8.61. The van der Waals surface area contributed by atoms with Crippen molar-refractivity contribution >= 4 is 37.8 Å². The molecule has 0 spiro atoms. The molecule has 1 unspecified atom stereocenters. The van der Waals surface area contributed by atoms with Crippen molar-refractivity contribution in [3.05, 3.63) is 10.7 Å². The number of hydrogen-bond acceptors (Lipinski definition) is 4. The quantitative estimate of drug-likeness (QED) is 0.756. The molecule has 1 aliphatic rings. The van der Waals surface area contributed by atoms with E-state index in [9.17, 15) is 0 Å². The Morgan fingerprint density at radius 1 is 1.44 bits per heavy atom. The first kappa shape index (κ1) is 14.1. The number of ether oxygens (including phenoxy) is 1. The molecule has 18 heavy (non-hydrogen) atoms. The number of nitrogens with zero attached hydrogens (tertiary/aromatic N) is 3. The number of aromatic nitrogens is 2. The zero-order valence-corrected chi connectivity index (χ0v) is 13.7. The number of halogens is 2. The van der Waals surface area contributed by atoms with E-state index in [1.165, 1.54) is 12.8 Å². The second-order valence-electron chi connectivity index (χ2n) is 4.53. The van der Waals surface area contributed by atoms with Gasteiger partial charge in [0.05, 0.1) is 17.8 Å². The third kappa shape index (κ3) is 3.15. The van der Waals surface area contributed by atoms with Gasteiger partial charge in [0.1, 0.15) is 0 Å². The van der Waals surface area contributed by atoms with Gasteiger partial charge in [0.2, 0.25) is 11.8 Å². The highest BCUT2D eigenvalue weighted by Crippen LogP contribution is 2.28. The molecule has 0 radical (unpaired) electrons. The number of anilines is 1. The summed E-state index contributed by atoms with van der Waals surface area (Å²) in [5.74, 6) is 2.10. The summed E-state index contributed by atoms with van der Waals surface area (Å²) in [4.78, 5) is 11.6. The van der Waals surface area contributed by atoms with Crippen LogP contribution in [0.3, 0.4) is 0 Å². The van der Waals surface area contributed by atoms with Crippen molar-refractivity contribution in [2.75, 3.05) is 25.1 Å². The Morgan fingerprint density at radius 3 is 2.67 bits per heavy atom. The molecular formula is C12H17Br2N3O. The molecule has 0 N–H and O–H groups in total. The fourth-order valence-electron chi connectivity index (χ4n) is 2.20. The monoisotopic (exact) mass is 377 g/mol. The van der Waals surface area contributed by atoms with Crippen LogP contribution in [-0.4, -0.2) is 35.0 Å². The molecule has 1 aliphatic heterocycles. The maximum Gasteiger partial charge on any atom is 0.232 e. The van der Waals surface area contributed by atoms with Crippen molar-refractivity contribution in [3.63, 3.8) is 0 Å². The Labute approximate surface area is 124 Å². The Hall–Kier alpha value is -0.360. The molecule has 6 heteroatoms.